The molecule has 100 valence electrons. The minimum Gasteiger partial charge on any atom is -0.368 e. The van der Waals surface area contributed by atoms with E-state index < -0.39 is 5.54 Å². The molecule has 0 unspecified atom stereocenters. The number of rotatable bonds is 4. The van der Waals surface area contributed by atoms with Crippen molar-refractivity contribution in [3.05, 3.63) is 22.4 Å². The molecule has 3 N–H and O–H groups in total. The molecule has 1 heterocycles. The molecule has 0 saturated heterocycles. The second-order valence-corrected chi connectivity index (χ2v) is 6.18. The Bertz CT molecular complexity index is 367. The molecule has 18 heavy (non-hydrogen) atoms. The average Bonchev–Trinajstić information content (AvgIpc) is 2.80. The van der Waals surface area contributed by atoms with Gasteiger partial charge in [0.15, 0.2) is 0 Å². The van der Waals surface area contributed by atoms with Crippen molar-refractivity contribution in [2.75, 3.05) is 0 Å². The number of thiophene rings is 1. The highest BCUT2D eigenvalue weighted by Gasteiger charge is 2.35. The molecule has 1 fully saturated rings. The smallest absolute Gasteiger partial charge is 0.237 e. The lowest BCUT2D eigenvalue weighted by Gasteiger charge is -2.33. The van der Waals surface area contributed by atoms with Gasteiger partial charge in [-0.15, -0.1) is 11.3 Å². The lowest BCUT2D eigenvalue weighted by Crippen LogP contribution is -2.55. The standard InChI is InChI=1S/C14H22N2OS/c15-13(17)14(8-4-2-1-3-5-9-14)16-11-12-7-6-10-18-12/h6-7,10,16H,1-5,8-9,11H2,(H2,15,17). The minimum atomic E-state index is -0.482. The Morgan fingerprint density at radius 1 is 1.28 bits per heavy atom. The van der Waals surface area contributed by atoms with Crippen molar-refractivity contribution >= 4 is 17.2 Å². The molecule has 0 atom stereocenters. The van der Waals surface area contributed by atoms with Gasteiger partial charge in [0, 0.05) is 11.4 Å². The average molecular weight is 266 g/mol. The van der Waals surface area contributed by atoms with Gasteiger partial charge in [-0.05, 0) is 24.3 Å². The summed E-state index contributed by atoms with van der Waals surface area (Å²) in [5.74, 6) is -0.180. The highest BCUT2D eigenvalue weighted by molar-refractivity contribution is 7.09. The van der Waals surface area contributed by atoms with Crippen LogP contribution in [0.1, 0.15) is 49.8 Å². The molecule has 1 aromatic heterocycles. The van der Waals surface area contributed by atoms with E-state index in [9.17, 15) is 4.79 Å². The number of primary amides is 1. The highest BCUT2D eigenvalue weighted by atomic mass is 32.1. The summed E-state index contributed by atoms with van der Waals surface area (Å²) < 4.78 is 0. The van der Waals surface area contributed by atoms with Crippen LogP contribution in [-0.4, -0.2) is 11.4 Å². The van der Waals surface area contributed by atoms with Gasteiger partial charge in [-0.2, -0.15) is 0 Å². The summed E-state index contributed by atoms with van der Waals surface area (Å²) >= 11 is 1.72. The monoisotopic (exact) mass is 266 g/mol. The first-order valence-corrected chi connectivity index (χ1v) is 7.68. The SMILES string of the molecule is NC(=O)C1(NCc2cccs2)CCCCCCC1. The third kappa shape index (κ3) is 3.33. The number of carbonyl (C=O) groups excluding carboxylic acids is 1. The van der Waals surface area contributed by atoms with Gasteiger partial charge in [-0.1, -0.05) is 38.2 Å². The maximum Gasteiger partial charge on any atom is 0.237 e. The summed E-state index contributed by atoms with van der Waals surface area (Å²) in [6, 6.07) is 4.13. The zero-order chi connectivity index (χ0) is 12.8. The van der Waals surface area contributed by atoms with E-state index in [0.29, 0.717) is 0 Å². The zero-order valence-corrected chi connectivity index (χ0v) is 11.6. The van der Waals surface area contributed by atoms with Crippen LogP contribution in [0, 0.1) is 0 Å². The van der Waals surface area contributed by atoms with Crippen LogP contribution in [0.2, 0.25) is 0 Å². The molecule has 1 aromatic rings. The zero-order valence-electron chi connectivity index (χ0n) is 10.8. The van der Waals surface area contributed by atoms with Gasteiger partial charge >= 0.3 is 0 Å². The summed E-state index contributed by atoms with van der Waals surface area (Å²) in [6.45, 7) is 0.751. The van der Waals surface area contributed by atoms with Crippen molar-refractivity contribution < 1.29 is 4.79 Å². The number of hydrogen-bond donors (Lipinski definition) is 2. The molecular formula is C14H22N2OS. The molecule has 1 saturated carbocycles. The van der Waals surface area contributed by atoms with Crippen LogP contribution in [0.25, 0.3) is 0 Å². The minimum absolute atomic E-state index is 0.180. The van der Waals surface area contributed by atoms with E-state index in [0.717, 1.165) is 32.2 Å². The van der Waals surface area contributed by atoms with Gasteiger partial charge < -0.3 is 5.73 Å². The second kappa shape index (κ2) is 6.34. The van der Waals surface area contributed by atoms with E-state index in [1.54, 1.807) is 11.3 Å². The molecule has 0 radical (unpaired) electrons. The van der Waals surface area contributed by atoms with Crippen molar-refractivity contribution in [2.45, 2.75) is 57.0 Å². The molecule has 1 amide bonds. The number of nitrogens with two attached hydrogens (primary N) is 1. The number of nitrogens with one attached hydrogen (secondary N) is 1. The van der Waals surface area contributed by atoms with Crippen molar-refractivity contribution in [3.63, 3.8) is 0 Å². The third-order valence-electron chi connectivity index (χ3n) is 3.86. The summed E-state index contributed by atoms with van der Waals surface area (Å²) in [7, 11) is 0. The fourth-order valence-electron chi connectivity index (χ4n) is 2.69. The molecule has 4 heteroatoms. The quantitative estimate of drug-likeness (QED) is 0.880. The Morgan fingerprint density at radius 3 is 2.50 bits per heavy atom. The van der Waals surface area contributed by atoms with Crippen molar-refractivity contribution in [1.82, 2.24) is 5.32 Å². The van der Waals surface area contributed by atoms with E-state index >= 15 is 0 Å². The normalized spacial score (nSPS) is 20.0. The Balaban J connectivity index is 2.02. The topological polar surface area (TPSA) is 55.1 Å². The largest absolute Gasteiger partial charge is 0.368 e. The molecule has 0 bridgehead atoms. The van der Waals surface area contributed by atoms with Gasteiger partial charge in [0.05, 0.1) is 5.54 Å². The molecule has 2 rings (SSSR count). The van der Waals surface area contributed by atoms with Crippen LogP contribution in [0.5, 0.6) is 0 Å². The van der Waals surface area contributed by atoms with E-state index in [2.05, 4.69) is 16.8 Å². The van der Waals surface area contributed by atoms with Crippen LogP contribution in [0.4, 0.5) is 0 Å². The predicted molar refractivity (Wildman–Crippen MR) is 75.4 cm³/mol. The van der Waals surface area contributed by atoms with Crippen LogP contribution >= 0.6 is 11.3 Å². The maximum atomic E-state index is 11.9. The first-order valence-electron chi connectivity index (χ1n) is 6.80. The molecule has 0 spiro atoms. The Hall–Kier alpha value is -0.870. The van der Waals surface area contributed by atoms with Crippen molar-refractivity contribution in [1.29, 1.82) is 0 Å². The van der Waals surface area contributed by atoms with Gasteiger partial charge in [-0.25, -0.2) is 0 Å². The van der Waals surface area contributed by atoms with Crippen LogP contribution in [0.3, 0.4) is 0 Å². The van der Waals surface area contributed by atoms with E-state index in [1.807, 2.05) is 6.07 Å². The summed E-state index contributed by atoms with van der Waals surface area (Å²) in [5, 5.41) is 5.50. The number of amides is 1. The fourth-order valence-corrected chi connectivity index (χ4v) is 3.33. The Morgan fingerprint density at radius 2 is 1.94 bits per heavy atom. The van der Waals surface area contributed by atoms with Gasteiger partial charge in [0.1, 0.15) is 0 Å². The maximum absolute atomic E-state index is 11.9. The van der Waals surface area contributed by atoms with Gasteiger partial charge in [0.2, 0.25) is 5.91 Å². The summed E-state index contributed by atoms with van der Waals surface area (Å²) in [6.07, 6.45) is 7.69. The van der Waals surface area contributed by atoms with E-state index in [4.69, 9.17) is 5.73 Å². The Kier molecular flexibility index (Phi) is 4.78. The first kappa shape index (κ1) is 13.6. The molecule has 3 nitrogen and oxygen atoms in total. The number of carbonyl (C=O) groups is 1. The van der Waals surface area contributed by atoms with Crippen molar-refractivity contribution in [2.24, 2.45) is 5.73 Å². The Labute approximate surface area is 113 Å². The lowest BCUT2D eigenvalue weighted by atomic mass is 9.83. The van der Waals surface area contributed by atoms with Gasteiger partial charge in [0.25, 0.3) is 0 Å². The third-order valence-corrected chi connectivity index (χ3v) is 4.74. The van der Waals surface area contributed by atoms with E-state index in [1.165, 1.54) is 24.1 Å². The number of hydrogen-bond acceptors (Lipinski definition) is 3. The van der Waals surface area contributed by atoms with E-state index in [-0.39, 0.29) is 5.91 Å². The van der Waals surface area contributed by atoms with Crippen LogP contribution in [-0.2, 0) is 11.3 Å². The van der Waals surface area contributed by atoms with Gasteiger partial charge in [-0.3, -0.25) is 10.1 Å². The van der Waals surface area contributed by atoms with Crippen LogP contribution in [0.15, 0.2) is 17.5 Å². The predicted octanol–water partition coefficient (Wildman–Crippen LogP) is 2.81. The fraction of sp³-hybridized carbons (Fsp3) is 0.643. The molecule has 0 aromatic carbocycles. The summed E-state index contributed by atoms with van der Waals surface area (Å²) in [5.41, 5.74) is 5.18. The molecule has 1 aliphatic rings. The lowest BCUT2D eigenvalue weighted by molar-refractivity contribution is -0.125. The molecule has 0 aliphatic heterocycles. The molecular weight excluding hydrogens is 244 g/mol. The first-order chi connectivity index (χ1) is 8.73. The molecule has 1 aliphatic carbocycles. The van der Waals surface area contributed by atoms with Crippen LogP contribution < -0.4 is 11.1 Å². The highest BCUT2D eigenvalue weighted by Crippen LogP contribution is 2.27. The van der Waals surface area contributed by atoms with Crippen molar-refractivity contribution in [3.8, 4) is 0 Å². The second-order valence-electron chi connectivity index (χ2n) is 5.15. The summed E-state index contributed by atoms with van der Waals surface area (Å²) in [4.78, 5) is 13.1.